The molecule has 1 amide bonds. The molecule has 0 radical (unpaired) electrons. The van der Waals surface area contributed by atoms with Crippen LogP contribution in [0.15, 0.2) is 0 Å². The number of fused-ring (bicyclic) bond motifs is 1. The minimum absolute atomic E-state index is 0.0202. The van der Waals surface area contributed by atoms with Gasteiger partial charge in [0.25, 0.3) is 0 Å². The first-order chi connectivity index (χ1) is 9.97. The molecule has 0 aliphatic carbocycles. The van der Waals surface area contributed by atoms with Gasteiger partial charge in [0.2, 0.25) is 5.91 Å². The van der Waals surface area contributed by atoms with Crippen LogP contribution in [0.2, 0.25) is 0 Å². The first kappa shape index (κ1) is 16.4. The van der Waals surface area contributed by atoms with E-state index in [1.54, 1.807) is 6.92 Å². The number of piperazine rings is 1. The second-order valence-corrected chi connectivity index (χ2v) is 6.82. The van der Waals surface area contributed by atoms with Crippen LogP contribution in [0.5, 0.6) is 0 Å². The van der Waals surface area contributed by atoms with Gasteiger partial charge in [-0.15, -0.1) is 0 Å². The van der Waals surface area contributed by atoms with Crippen molar-refractivity contribution in [3.8, 4) is 0 Å². The average molecular weight is 295 g/mol. The van der Waals surface area contributed by atoms with Gasteiger partial charge in [0.1, 0.15) is 0 Å². The summed E-state index contributed by atoms with van der Waals surface area (Å²) in [5, 5.41) is 2.89. The van der Waals surface area contributed by atoms with E-state index in [9.17, 15) is 9.59 Å². The summed E-state index contributed by atoms with van der Waals surface area (Å²) in [5.74, 6) is 0.158. The molecule has 1 N–H and O–H groups in total. The van der Waals surface area contributed by atoms with E-state index >= 15 is 0 Å². The van der Waals surface area contributed by atoms with Crippen molar-refractivity contribution in [1.29, 1.82) is 0 Å². The maximum atomic E-state index is 12.2. The van der Waals surface area contributed by atoms with Crippen molar-refractivity contribution in [2.75, 3.05) is 32.7 Å². The molecule has 0 aromatic heterocycles. The van der Waals surface area contributed by atoms with Gasteiger partial charge in [0.15, 0.2) is 5.78 Å². The Morgan fingerprint density at radius 2 is 1.95 bits per heavy atom. The number of rotatable bonds is 5. The Bertz CT molecular complexity index is 384. The first-order valence-corrected chi connectivity index (χ1v) is 8.23. The summed E-state index contributed by atoms with van der Waals surface area (Å²) in [6.45, 7) is 10.1. The summed E-state index contributed by atoms with van der Waals surface area (Å²) in [6, 6.07) is 0.266. The molecule has 2 rings (SSSR count). The highest BCUT2D eigenvalue weighted by atomic mass is 16.2. The van der Waals surface area contributed by atoms with Crippen LogP contribution in [-0.4, -0.2) is 66.3 Å². The quantitative estimate of drug-likeness (QED) is 0.818. The van der Waals surface area contributed by atoms with Gasteiger partial charge in [-0.1, -0.05) is 20.3 Å². The molecular weight excluding hydrogens is 266 g/mol. The van der Waals surface area contributed by atoms with E-state index in [-0.39, 0.29) is 23.7 Å². The Morgan fingerprint density at radius 1 is 1.19 bits per heavy atom. The van der Waals surface area contributed by atoms with Crippen molar-refractivity contribution < 1.29 is 9.59 Å². The third-order valence-electron chi connectivity index (χ3n) is 4.71. The van der Waals surface area contributed by atoms with E-state index < -0.39 is 0 Å². The van der Waals surface area contributed by atoms with Crippen LogP contribution in [0.4, 0.5) is 0 Å². The molecule has 2 atom stereocenters. The Labute approximate surface area is 128 Å². The monoisotopic (exact) mass is 295 g/mol. The van der Waals surface area contributed by atoms with Crippen molar-refractivity contribution in [2.45, 2.75) is 52.1 Å². The maximum absolute atomic E-state index is 12.2. The first-order valence-electron chi connectivity index (χ1n) is 8.23. The molecule has 0 aromatic carbocycles. The highest BCUT2D eigenvalue weighted by Crippen LogP contribution is 2.20. The van der Waals surface area contributed by atoms with Gasteiger partial charge in [-0.05, 0) is 32.2 Å². The van der Waals surface area contributed by atoms with E-state index in [4.69, 9.17) is 0 Å². The van der Waals surface area contributed by atoms with Crippen LogP contribution >= 0.6 is 0 Å². The number of hydrogen-bond donors (Lipinski definition) is 1. The Kier molecular flexibility index (Phi) is 5.76. The minimum atomic E-state index is -0.353. The molecule has 2 heterocycles. The van der Waals surface area contributed by atoms with Gasteiger partial charge in [0, 0.05) is 25.7 Å². The van der Waals surface area contributed by atoms with Crippen LogP contribution in [-0.2, 0) is 9.59 Å². The summed E-state index contributed by atoms with van der Waals surface area (Å²) in [6.07, 6.45) is 3.87. The van der Waals surface area contributed by atoms with Gasteiger partial charge < -0.3 is 5.32 Å². The van der Waals surface area contributed by atoms with Gasteiger partial charge in [-0.3, -0.25) is 19.4 Å². The lowest BCUT2D eigenvalue weighted by molar-refractivity contribution is -0.129. The number of nitrogens with zero attached hydrogens (tertiary/aromatic N) is 2. The number of piperidine rings is 1. The van der Waals surface area contributed by atoms with Crippen molar-refractivity contribution in [3.63, 3.8) is 0 Å². The number of ketones is 1. The smallest absolute Gasteiger partial charge is 0.234 e. The van der Waals surface area contributed by atoms with Gasteiger partial charge in [0.05, 0.1) is 12.6 Å². The molecule has 5 nitrogen and oxygen atoms in total. The van der Waals surface area contributed by atoms with E-state index in [0.29, 0.717) is 12.6 Å². The highest BCUT2D eigenvalue weighted by Gasteiger charge is 2.30. The maximum Gasteiger partial charge on any atom is 0.234 e. The van der Waals surface area contributed by atoms with Gasteiger partial charge in [-0.2, -0.15) is 0 Å². The summed E-state index contributed by atoms with van der Waals surface area (Å²) in [5.41, 5.74) is 0. The summed E-state index contributed by atoms with van der Waals surface area (Å²) in [4.78, 5) is 28.5. The zero-order chi connectivity index (χ0) is 15.4. The van der Waals surface area contributed by atoms with Crippen molar-refractivity contribution in [3.05, 3.63) is 0 Å². The number of Topliss-reactive ketones (excluding diaryl/α,β-unsaturated/α-hetero) is 1. The van der Waals surface area contributed by atoms with Crippen LogP contribution < -0.4 is 5.32 Å². The van der Waals surface area contributed by atoms with Crippen molar-refractivity contribution in [1.82, 2.24) is 15.1 Å². The predicted octanol–water partition coefficient (Wildman–Crippen LogP) is 0.886. The largest absolute Gasteiger partial charge is 0.345 e. The number of carbonyl (C=O) groups excluding carboxylic acids is 2. The second-order valence-electron chi connectivity index (χ2n) is 6.82. The standard InChI is InChI=1S/C16H29N3O2/c1-12(2)16(13(3)20)17-15(21)11-18-8-9-19-7-5-4-6-14(19)10-18/h12,14,16H,4-11H2,1-3H3,(H,17,21). The molecule has 0 saturated carbocycles. The number of nitrogens with one attached hydrogen (secondary N) is 1. The SMILES string of the molecule is CC(=O)C(NC(=O)CN1CCN2CCCCC2C1)C(C)C. The number of amides is 1. The van der Waals surface area contributed by atoms with Crippen molar-refractivity contribution in [2.24, 2.45) is 5.92 Å². The Hall–Kier alpha value is -0.940. The summed E-state index contributed by atoms with van der Waals surface area (Å²) in [7, 11) is 0. The van der Waals surface area contributed by atoms with Crippen LogP contribution in [0.1, 0.15) is 40.0 Å². The third kappa shape index (κ3) is 4.51. The fraction of sp³-hybridized carbons (Fsp3) is 0.875. The Morgan fingerprint density at radius 3 is 2.62 bits per heavy atom. The van der Waals surface area contributed by atoms with Crippen LogP contribution in [0.25, 0.3) is 0 Å². The van der Waals surface area contributed by atoms with Gasteiger partial charge >= 0.3 is 0 Å². The highest BCUT2D eigenvalue weighted by molar-refractivity contribution is 5.88. The van der Waals surface area contributed by atoms with Gasteiger partial charge in [-0.25, -0.2) is 0 Å². The van der Waals surface area contributed by atoms with E-state index in [1.165, 1.54) is 25.8 Å². The molecular formula is C16H29N3O2. The average Bonchev–Trinajstić information content (AvgIpc) is 2.44. The normalized spacial score (nSPS) is 25.4. The molecule has 5 heteroatoms. The molecule has 2 unspecified atom stereocenters. The zero-order valence-corrected chi connectivity index (χ0v) is 13.6. The van der Waals surface area contributed by atoms with Crippen molar-refractivity contribution >= 4 is 11.7 Å². The molecule has 120 valence electrons. The number of hydrogen-bond acceptors (Lipinski definition) is 4. The fourth-order valence-electron chi connectivity index (χ4n) is 3.52. The summed E-state index contributed by atoms with van der Waals surface area (Å²) < 4.78 is 0. The molecule has 0 aromatic rings. The third-order valence-corrected chi connectivity index (χ3v) is 4.71. The second kappa shape index (κ2) is 7.36. The molecule has 2 saturated heterocycles. The number of carbonyl (C=O) groups is 2. The van der Waals surface area contributed by atoms with E-state index in [2.05, 4.69) is 15.1 Å². The fourth-order valence-corrected chi connectivity index (χ4v) is 3.52. The minimum Gasteiger partial charge on any atom is -0.345 e. The molecule has 2 aliphatic rings. The van der Waals surface area contributed by atoms with Crippen LogP contribution in [0, 0.1) is 5.92 Å². The lowest BCUT2D eigenvalue weighted by Crippen LogP contribution is -2.57. The molecule has 0 spiro atoms. The molecule has 2 fully saturated rings. The predicted molar refractivity (Wildman–Crippen MR) is 83.1 cm³/mol. The molecule has 2 aliphatic heterocycles. The van der Waals surface area contributed by atoms with E-state index in [0.717, 1.165) is 19.6 Å². The lowest BCUT2D eigenvalue weighted by Gasteiger charge is -2.43. The Balaban J connectivity index is 1.81. The topological polar surface area (TPSA) is 52.7 Å². The zero-order valence-electron chi connectivity index (χ0n) is 13.6. The lowest BCUT2D eigenvalue weighted by atomic mass is 9.99. The molecule has 21 heavy (non-hydrogen) atoms. The van der Waals surface area contributed by atoms with E-state index in [1.807, 2.05) is 13.8 Å². The van der Waals surface area contributed by atoms with Crippen LogP contribution in [0.3, 0.4) is 0 Å². The molecule has 0 bridgehead atoms. The summed E-state index contributed by atoms with van der Waals surface area (Å²) >= 11 is 0.